The molecule has 0 saturated carbocycles. The van der Waals surface area contributed by atoms with Crippen molar-refractivity contribution in [2.75, 3.05) is 40.0 Å². The van der Waals surface area contributed by atoms with Gasteiger partial charge in [-0.05, 0) is 25.1 Å². The second-order valence-corrected chi connectivity index (χ2v) is 4.98. The first kappa shape index (κ1) is 14.8. The Morgan fingerprint density at radius 1 is 1.45 bits per heavy atom. The van der Waals surface area contributed by atoms with Gasteiger partial charge < -0.3 is 19.7 Å². The van der Waals surface area contributed by atoms with Crippen LogP contribution in [0.25, 0.3) is 0 Å². The molecule has 1 atom stereocenters. The number of carbonyl (C=O) groups excluding carboxylic acids is 1. The quantitative estimate of drug-likeness (QED) is 0.821. The highest BCUT2D eigenvalue weighted by atomic mass is 16.5. The minimum Gasteiger partial charge on any atom is -0.491 e. The molecule has 110 valence electrons. The standard InChI is InChI=1S/C15H22N2O3/c1-12-11-17(7-6-16-12)15(18)13-4-3-5-14(10-13)20-9-8-19-2/h3-5,10,12,16H,6-9,11H2,1-2H3. The average Bonchev–Trinajstić information content (AvgIpc) is 2.47. The van der Waals surface area contributed by atoms with Crippen molar-refractivity contribution in [2.24, 2.45) is 0 Å². The molecule has 1 aliphatic rings. The molecule has 0 aromatic heterocycles. The first-order valence-corrected chi connectivity index (χ1v) is 6.95. The van der Waals surface area contributed by atoms with E-state index in [9.17, 15) is 4.79 Å². The molecule has 1 unspecified atom stereocenters. The molecule has 1 saturated heterocycles. The number of hydrogen-bond acceptors (Lipinski definition) is 4. The lowest BCUT2D eigenvalue weighted by Crippen LogP contribution is -2.51. The van der Waals surface area contributed by atoms with Gasteiger partial charge in [0.2, 0.25) is 0 Å². The Kier molecular flexibility index (Phi) is 5.38. The van der Waals surface area contributed by atoms with Crippen LogP contribution in [0.2, 0.25) is 0 Å². The summed E-state index contributed by atoms with van der Waals surface area (Å²) in [6.07, 6.45) is 0. The van der Waals surface area contributed by atoms with E-state index < -0.39 is 0 Å². The normalized spacial score (nSPS) is 18.9. The highest BCUT2D eigenvalue weighted by molar-refractivity contribution is 5.94. The van der Waals surface area contributed by atoms with Gasteiger partial charge in [0.05, 0.1) is 6.61 Å². The maximum atomic E-state index is 12.4. The van der Waals surface area contributed by atoms with Crippen LogP contribution in [0.4, 0.5) is 0 Å². The number of carbonyl (C=O) groups is 1. The minimum atomic E-state index is 0.0653. The third kappa shape index (κ3) is 3.95. The summed E-state index contributed by atoms with van der Waals surface area (Å²) in [7, 11) is 1.63. The number of piperazine rings is 1. The van der Waals surface area contributed by atoms with Crippen molar-refractivity contribution in [1.82, 2.24) is 10.2 Å². The Bertz CT molecular complexity index is 450. The second kappa shape index (κ2) is 7.26. The van der Waals surface area contributed by atoms with Crippen LogP contribution in [0, 0.1) is 0 Å². The molecule has 5 heteroatoms. The molecular weight excluding hydrogens is 256 g/mol. The van der Waals surface area contributed by atoms with E-state index >= 15 is 0 Å². The molecule has 1 N–H and O–H groups in total. The average molecular weight is 278 g/mol. The van der Waals surface area contributed by atoms with E-state index in [1.54, 1.807) is 13.2 Å². The summed E-state index contributed by atoms with van der Waals surface area (Å²) in [5, 5.41) is 3.33. The van der Waals surface area contributed by atoms with Crippen molar-refractivity contribution in [3.8, 4) is 5.75 Å². The van der Waals surface area contributed by atoms with Crippen molar-refractivity contribution in [1.29, 1.82) is 0 Å². The number of hydrogen-bond donors (Lipinski definition) is 1. The van der Waals surface area contributed by atoms with Gasteiger partial charge in [0.15, 0.2) is 0 Å². The van der Waals surface area contributed by atoms with Crippen LogP contribution in [-0.2, 0) is 4.74 Å². The van der Waals surface area contributed by atoms with Gasteiger partial charge in [-0.3, -0.25) is 4.79 Å². The molecule has 1 amide bonds. The predicted octanol–water partition coefficient (Wildman–Crippen LogP) is 1.15. The van der Waals surface area contributed by atoms with Crippen molar-refractivity contribution in [3.63, 3.8) is 0 Å². The van der Waals surface area contributed by atoms with E-state index in [2.05, 4.69) is 12.2 Å². The van der Waals surface area contributed by atoms with Gasteiger partial charge in [-0.25, -0.2) is 0 Å². The summed E-state index contributed by atoms with van der Waals surface area (Å²) in [5.41, 5.74) is 0.675. The van der Waals surface area contributed by atoms with Crippen LogP contribution in [0.3, 0.4) is 0 Å². The zero-order valence-electron chi connectivity index (χ0n) is 12.1. The van der Waals surface area contributed by atoms with Gasteiger partial charge in [0.25, 0.3) is 5.91 Å². The number of methoxy groups -OCH3 is 1. The van der Waals surface area contributed by atoms with E-state index in [0.717, 1.165) is 19.6 Å². The van der Waals surface area contributed by atoms with E-state index in [1.165, 1.54) is 0 Å². The highest BCUT2D eigenvalue weighted by Gasteiger charge is 2.21. The van der Waals surface area contributed by atoms with Crippen LogP contribution in [0.5, 0.6) is 5.75 Å². The van der Waals surface area contributed by atoms with Crippen molar-refractivity contribution < 1.29 is 14.3 Å². The van der Waals surface area contributed by atoms with Gasteiger partial charge in [0.1, 0.15) is 12.4 Å². The third-order valence-corrected chi connectivity index (χ3v) is 3.29. The molecule has 5 nitrogen and oxygen atoms in total. The molecule has 1 aliphatic heterocycles. The molecule has 1 aromatic carbocycles. The molecule has 1 fully saturated rings. The number of rotatable bonds is 5. The van der Waals surface area contributed by atoms with E-state index in [-0.39, 0.29) is 5.91 Å². The van der Waals surface area contributed by atoms with Crippen LogP contribution in [0.1, 0.15) is 17.3 Å². The monoisotopic (exact) mass is 278 g/mol. The molecule has 0 aliphatic carbocycles. The van der Waals surface area contributed by atoms with Gasteiger partial charge in [-0.15, -0.1) is 0 Å². The topological polar surface area (TPSA) is 50.8 Å². The molecule has 0 spiro atoms. The zero-order valence-corrected chi connectivity index (χ0v) is 12.1. The molecule has 1 heterocycles. The maximum Gasteiger partial charge on any atom is 0.254 e. The summed E-state index contributed by atoms with van der Waals surface area (Å²) in [5.74, 6) is 0.770. The zero-order chi connectivity index (χ0) is 14.4. The van der Waals surface area contributed by atoms with Gasteiger partial charge in [-0.1, -0.05) is 6.07 Å². The fraction of sp³-hybridized carbons (Fsp3) is 0.533. The summed E-state index contributed by atoms with van der Waals surface area (Å²) in [6, 6.07) is 7.67. The van der Waals surface area contributed by atoms with E-state index in [1.807, 2.05) is 23.1 Å². The lowest BCUT2D eigenvalue weighted by molar-refractivity contribution is 0.0708. The molecule has 2 rings (SSSR count). The number of nitrogens with one attached hydrogen (secondary N) is 1. The second-order valence-electron chi connectivity index (χ2n) is 4.98. The molecule has 0 bridgehead atoms. The van der Waals surface area contributed by atoms with Crippen LogP contribution in [-0.4, -0.2) is 56.8 Å². The fourth-order valence-electron chi connectivity index (χ4n) is 2.26. The smallest absolute Gasteiger partial charge is 0.254 e. The van der Waals surface area contributed by atoms with Crippen LogP contribution < -0.4 is 10.1 Å². The minimum absolute atomic E-state index is 0.0653. The molecule has 0 radical (unpaired) electrons. The fourth-order valence-corrected chi connectivity index (χ4v) is 2.26. The van der Waals surface area contributed by atoms with E-state index in [0.29, 0.717) is 30.6 Å². The predicted molar refractivity (Wildman–Crippen MR) is 77.2 cm³/mol. The van der Waals surface area contributed by atoms with Crippen LogP contribution in [0.15, 0.2) is 24.3 Å². The first-order chi connectivity index (χ1) is 9.70. The highest BCUT2D eigenvalue weighted by Crippen LogP contribution is 2.16. The molecular formula is C15H22N2O3. The SMILES string of the molecule is COCCOc1cccc(C(=O)N2CCNC(C)C2)c1. The number of nitrogens with zero attached hydrogens (tertiary/aromatic N) is 1. The Balaban J connectivity index is 2.00. The summed E-state index contributed by atoms with van der Waals surface area (Å²) >= 11 is 0. The Labute approximate surface area is 119 Å². The summed E-state index contributed by atoms with van der Waals surface area (Å²) in [6.45, 7) is 5.44. The summed E-state index contributed by atoms with van der Waals surface area (Å²) in [4.78, 5) is 14.3. The lowest BCUT2D eigenvalue weighted by atomic mass is 10.1. The Morgan fingerprint density at radius 3 is 3.05 bits per heavy atom. The van der Waals surface area contributed by atoms with Crippen molar-refractivity contribution >= 4 is 5.91 Å². The van der Waals surface area contributed by atoms with Crippen molar-refractivity contribution in [2.45, 2.75) is 13.0 Å². The van der Waals surface area contributed by atoms with Gasteiger partial charge in [0, 0.05) is 38.3 Å². The number of ether oxygens (including phenoxy) is 2. The third-order valence-electron chi connectivity index (χ3n) is 3.29. The van der Waals surface area contributed by atoms with Crippen LogP contribution >= 0.6 is 0 Å². The Hall–Kier alpha value is -1.59. The van der Waals surface area contributed by atoms with Crippen molar-refractivity contribution in [3.05, 3.63) is 29.8 Å². The summed E-state index contributed by atoms with van der Waals surface area (Å²) < 4.78 is 10.5. The van der Waals surface area contributed by atoms with E-state index in [4.69, 9.17) is 9.47 Å². The largest absolute Gasteiger partial charge is 0.491 e. The Morgan fingerprint density at radius 2 is 2.30 bits per heavy atom. The molecule has 1 aromatic rings. The lowest BCUT2D eigenvalue weighted by Gasteiger charge is -2.32. The van der Waals surface area contributed by atoms with Gasteiger partial charge in [-0.2, -0.15) is 0 Å². The maximum absolute atomic E-state index is 12.4. The van der Waals surface area contributed by atoms with Gasteiger partial charge >= 0.3 is 0 Å². The molecule has 20 heavy (non-hydrogen) atoms. The number of amides is 1. The number of benzene rings is 1. The first-order valence-electron chi connectivity index (χ1n) is 6.95.